The van der Waals surface area contributed by atoms with Crippen LogP contribution >= 0.6 is 0 Å². The molecule has 0 aromatic rings. The first-order chi connectivity index (χ1) is 36.8. The fourth-order valence-electron chi connectivity index (χ4n) is 8.95. The van der Waals surface area contributed by atoms with Crippen molar-refractivity contribution in [1.82, 2.24) is 42.5 Å². The van der Waals surface area contributed by atoms with Gasteiger partial charge in [-0.25, -0.2) is 4.79 Å². The number of nitrogens with two attached hydrogens (primary N) is 1. The molecule has 0 saturated carbocycles. The summed E-state index contributed by atoms with van der Waals surface area (Å²) >= 11 is 0. The molecule has 0 aromatic carbocycles. The summed E-state index contributed by atoms with van der Waals surface area (Å²) in [6, 6.07) is -10.5. The van der Waals surface area contributed by atoms with Gasteiger partial charge in [0, 0.05) is 6.42 Å². The normalized spacial score (nSPS) is 15.5. The van der Waals surface area contributed by atoms with Gasteiger partial charge in [0.25, 0.3) is 0 Å². The van der Waals surface area contributed by atoms with E-state index in [1.807, 2.05) is 55.4 Å². The number of aliphatic hydroxyl groups excluding tert-OH is 2. The lowest BCUT2D eigenvalue weighted by molar-refractivity contribution is -0.143. The Morgan fingerprint density at radius 1 is 0.380 bits per heavy atom. The molecule has 9 amide bonds. The van der Waals surface area contributed by atoms with Crippen LogP contribution in [0.1, 0.15) is 206 Å². The highest BCUT2D eigenvalue weighted by Crippen LogP contribution is 2.16. The number of amides is 9. The van der Waals surface area contributed by atoms with Gasteiger partial charge in [0.1, 0.15) is 48.3 Å². The molecule has 0 radical (unpaired) electrons. The van der Waals surface area contributed by atoms with Crippen LogP contribution in [-0.2, 0) is 47.9 Å². The highest BCUT2D eigenvalue weighted by molar-refractivity contribution is 5.98. The third-order valence-corrected chi connectivity index (χ3v) is 13.0. The number of rotatable bonds is 42. The average molecular weight is 1120 g/mol. The Morgan fingerprint density at radius 2 is 0.684 bits per heavy atom. The quantitative estimate of drug-likeness (QED) is 0.0388. The van der Waals surface area contributed by atoms with E-state index < -0.39 is 120 Å². The molecule has 10 atom stereocenters. The third kappa shape index (κ3) is 33.1. The second-order valence-corrected chi connectivity index (χ2v) is 24.1. The maximum atomic E-state index is 14.2. The fourth-order valence-corrected chi connectivity index (χ4v) is 8.95. The first-order valence-corrected chi connectivity index (χ1v) is 29.1. The number of hydrogen-bond acceptors (Lipinski definition) is 12. The first kappa shape index (κ1) is 73.6. The Bertz CT molecular complexity index is 1910. The van der Waals surface area contributed by atoms with Gasteiger partial charge in [0.2, 0.25) is 53.2 Å². The van der Waals surface area contributed by atoms with Crippen molar-refractivity contribution in [3.05, 3.63) is 0 Å². The van der Waals surface area contributed by atoms with Crippen molar-refractivity contribution >= 4 is 59.1 Å². The van der Waals surface area contributed by atoms with Gasteiger partial charge in [-0.1, -0.05) is 135 Å². The van der Waals surface area contributed by atoms with Gasteiger partial charge in [-0.2, -0.15) is 0 Å². The summed E-state index contributed by atoms with van der Waals surface area (Å²) in [5.41, 5.74) is 5.48. The number of carboxylic acid groups (broad SMARTS) is 1. The topological polar surface area (TPSA) is 354 Å². The van der Waals surface area contributed by atoms with Crippen LogP contribution in [0.4, 0.5) is 0 Å². The second-order valence-electron chi connectivity index (χ2n) is 24.1. The molecule has 0 aliphatic heterocycles. The number of aliphatic carboxylic acids is 1. The number of carbonyl (C=O) groups excluding carboxylic acids is 9. The van der Waals surface area contributed by atoms with E-state index in [0.29, 0.717) is 6.42 Å². The molecule has 79 heavy (non-hydrogen) atoms. The van der Waals surface area contributed by atoms with E-state index in [9.17, 15) is 63.3 Å². The fraction of sp³-hybridized carbons (Fsp3) is 0.825. The molecule has 0 bridgehead atoms. The van der Waals surface area contributed by atoms with E-state index in [0.717, 1.165) is 32.1 Å². The van der Waals surface area contributed by atoms with Crippen molar-refractivity contribution in [2.75, 3.05) is 0 Å². The summed E-state index contributed by atoms with van der Waals surface area (Å²) < 4.78 is 0. The van der Waals surface area contributed by atoms with Crippen LogP contribution < -0.4 is 48.3 Å². The number of unbranched alkanes of at least 4 members (excludes halogenated alkanes) is 6. The molecule has 0 spiro atoms. The second kappa shape index (κ2) is 39.1. The van der Waals surface area contributed by atoms with E-state index in [4.69, 9.17) is 5.73 Å². The minimum absolute atomic E-state index is 0.00899. The molecule has 0 saturated heterocycles. The lowest BCUT2D eigenvalue weighted by atomic mass is 9.98. The maximum Gasteiger partial charge on any atom is 0.326 e. The Hall–Kier alpha value is -5.38. The largest absolute Gasteiger partial charge is 0.480 e. The van der Waals surface area contributed by atoms with Gasteiger partial charge in [-0.05, 0) is 93.8 Å². The van der Waals surface area contributed by atoms with Gasteiger partial charge in [0.15, 0.2) is 0 Å². The molecule has 10 unspecified atom stereocenters. The Balaban J connectivity index is 6.54. The minimum Gasteiger partial charge on any atom is -0.480 e. The van der Waals surface area contributed by atoms with Gasteiger partial charge >= 0.3 is 5.97 Å². The van der Waals surface area contributed by atoms with Crippen LogP contribution in [0, 0.1) is 35.5 Å². The summed E-state index contributed by atoms with van der Waals surface area (Å²) in [6.07, 6.45) is 5.15. The van der Waals surface area contributed by atoms with Gasteiger partial charge < -0.3 is 63.6 Å². The molecule has 0 aromatic heterocycles. The predicted octanol–water partition coefficient (Wildman–Crippen LogP) is 3.76. The summed E-state index contributed by atoms with van der Waals surface area (Å²) in [5, 5.41) is 52.3. The Kier molecular flexibility index (Phi) is 36.4. The molecule has 0 rings (SSSR count). The smallest absolute Gasteiger partial charge is 0.326 e. The summed E-state index contributed by atoms with van der Waals surface area (Å²) in [5.74, 6) is -9.12. The van der Waals surface area contributed by atoms with Crippen LogP contribution in [0.2, 0.25) is 0 Å². The number of hydrogen-bond donors (Lipinski definition) is 12. The van der Waals surface area contributed by atoms with Gasteiger partial charge in [-0.3, -0.25) is 43.2 Å². The van der Waals surface area contributed by atoms with E-state index >= 15 is 0 Å². The van der Waals surface area contributed by atoms with Crippen molar-refractivity contribution in [3.8, 4) is 0 Å². The van der Waals surface area contributed by atoms with E-state index in [2.05, 4.69) is 49.5 Å². The predicted molar refractivity (Wildman–Crippen MR) is 303 cm³/mol. The van der Waals surface area contributed by atoms with E-state index in [1.165, 1.54) is 19.8 Å². The Morgan fingerprint density at radius 3 is 1.04 bits per heavy atom. The monoisotopic (exact) mass is 1120 g/mol. The molecule has 0 aliphatic rings. The molecule has 0 fully saturated rings. The zero-order chi connectivity index (χ0) is 60.7. The van der Waals surface area contributed by atoms with Crippen LogP contribution in [0.15, 0.2) is 0 Å². The average Bonchev–Trinajstić information content (AvgIpc) is 3.31. The molecule has 13 N–H and O–H groups in total. The van der Waals surface area contributed by atoms with E-state index in [-0.39, 0.29) is 93.3 Å². The lowest BCUT2D eigenvalue weighted by Crippen LogP contribution is -2.62. The molecule has 0 aliphatic carbocycles. The van der Waals surface area contributed by atoms with Crippen LogP contribution in [0.3, 0.4) is 0 Å². The number of primary amides is 1. The molecular formula is C57H105N9O13. The Labute approximate surface area is 471 Å². The van der Waals surface area contributed by atoms with Crippen molar-refractivity contribution < 1.29 is 63.3 Å². The molecular weight excluding hydrogens is 1020 g/mol. The lowest BCUT2D eigenvalue weighted by Gasteiger charge is -2.30. The van der Waals surface area contributed by atoms with Crippen LogP contribution in [-0.4, -0.2) is 135 Å². The summed E-state index contributed by atoms with van der Waals surface area (Å²) in [6.45, 7) is 25.1. The zero-order valence-electron chi connectivity index (χ0n) is 50.3. The van der Waals surface area contributed by atoms with Crippen LogP contribution in [0.25, 0.3) is 0 Å². The summed E-state index contributed by atoms with van der Waals surface area (Å²) in [4.78, 5) is 135. The van der Waals surface area contributed by atoms with Crippen molar-refractivity contribution in [3.63, 3.8) is 0 Å². The number of nitrogens with one attached hydrogen (secondary N) is 8. The van der Waals surface area contributed by atoms with Crippen molar-refractivity contribution in [1.29, 1.82) is 0 Å². The number of carbonyl (C=O) groups is 10. The third-order valence-electron chi connectivity index (χ3n) is 13.0. The SMILES string of the molecule is CCCCCCCCCC(O)CC(=O)NC(CC(C)C)C(=O)NC(CC(C)C)C(=O)NC(CCC(N)=O)C(=O)NC(CC(C)C)C(=O)NC(C(=O)NC(CC(C)C)C(=O)NC(CC(C)C)C(=O)NC(CC(C)C)C(=O)O)C(C)O. The number of carboxylic acids is 1. The van der Waals surface area contributed by atoms with Crippen LogP contribution in [0.5, 0.6) is 0 Å². The van der Waals surface area contributed by atoms with Crippen molar-refractivity contribution in [2.45, 2.75) is 267 Å². The van der Waals surface area contributed by atoms with E-state index in [1.54, 1.807) is 27.7 Å². The summed E-state index contributed by atoms with van der Waals surface area (Å²) in [7, 11) is 0. The highest BCUT2D eigenvalue weighted by Gasteiger charge is 2.37. The van der Waals surface area contributed by atoms with Gasteiger partial charge in [0.05, 0.1) is 18.6 Å². The van der Waals surface area contributed by atoms with Crippen molar-refractivity contribution in [2.24, 2.45) is 41.2 Å². The highest BCUT2D eigenvalue weighted by atomic mass is 16.4. The molecule has 22 heteroatoms. The molecule has 456 valence electrons. The first-order valence-electron chi connectivity index (χ1n) is 29.1. The number of aliphatic hydroxyl groups is 2. The maximum absolute atomic E-state index is 14.2. The molecule has 22 nitrogen and oxygen atoms in total. The van der Waals surface area contributed by atoms with Gasteiger partial charge in [-0.15, -0.1) is 0 Å². The minimum atomic E-state index is -1.68. The standard InChI is InChI=1S/C57H105N9O13/c1-15-16-17-18-19-20-21-22-39(68)31-48(70)59-41(25-32(2)3)51(72)62-42(26-33(4)5)52(73)60-40(23-24-47(58)69)50(71)61-45(29-36(10)11)55(76)66-49(38(14)67)56(77)64-44(28-35(8)9)53(74)63-43(27-34(6)7)54(75)65-46(57(78)79)30-37(12)13/h32-46,49,67-68H,15-31H2,1-14H3,(H2,58,69)(H,59,70)(H,60,73)(H,61,71)(H,62,72)(H,63,74)(H,64,77)(H,65,75)(H,66,76)(H,78,79). The zero-order valence-corrected chi connectivity index (χ0v) is 50.3. The molecule has 0 heterocycles.